The van der Waals surface area contributed by atoms with Crippen LogP contribution < -0.4 is 0 Å². The molecular weight excluding hydrogens is 461 g/mol. The van der Waals surface area contributed by atoms with Gasteiger partial charge in [-0.3, -0.25) is 4.99 Å². The molecule has 3 rings (SSSR count). The second-order valence-electron chi connectivity index (χ2n) is 6.30. The van der Waals surface area contributed by atoms with Crippen molar-refractivity contribution in [1.29, 1.82) is 0 Å². The molecule has 2 aromatic carbocycles. The predicted molar refractivity (Wildman–Crippen MR) is 113 cm³/mol. The molecule has 0 aromatic heterocycles. The Kier molecular flexibility index (Phi) is 6.93. The van der Waals surface area contributed by atoms with E-state index < -0.39 is 21.8 Å². The number of nitrogens with zero attached hydrogens (tertiary/aromatic N) is 2. The van der Waals surface area contributed by atoms with E-state index in [-0.39, 0.29) is 39.8 Å². The van der Waals surface area contributed by atoms with Crippen molar-refractivity contribution in [3.8, 4) is 11.1 Å². The number of aliphatic imine (C=N–C) groups is 1. The molecule has 1 saturated heterocycles. The Hall–Kier alpha value is -1.85. The summed E-state index contributed by atoms with van der Waals surface area (Å²) >= 11 is 10.7. The first-order valence-electron chi connectivity index (χ1n) is 8.71. The van der Waals surface area contributed by atoms with Crippen molar-refractivity contribution in [3.05, 3.63) is 47.0 Å². The van der Waals surface area contributed by atoms with Crippen molar-refractivity contribution in [2.75, 3.05) is 26.3 Å². The number of hydrogen-bond donors (Lipinski definition) is 0. The summed E-state index contributed by atoms with van der Waals surface area (Å²) in [6.07, 6.45) is -3.51. The van der Waals surface area contributed by atoms with Gasteiger partial charge < -0.3 is 4.74 Å². The van der Waals surface area contributed by atoms with Gasteiger partial charge in [0, 0.05) is 30.2 Å². The Balaban J connectivity index is 2.03. The van der Waals surface area contributed by atoms with Gasteiger partial charge in [0.15, 0.2) is 0 Å². The highest BCUT2D eigenvalue weighted by atomic mass is 35.5. The number of halogens is 4. The summed E-state index contributed by atoms with van der Waals surface area (Å²) in [5, 5.41) is 1.01. The monoisotopic (exact) mass is 476 g/mol. The number of ether oxygens (including phenoxy) is 1. The maximum atomic E-state index is 13.7. The minimum atomic E-state index is -4.69. The van der Waals surface area contributed by atoms with Gasteiger partial charge in [-0.25, -0.2) is 8.42 Å². The van der Waals surface area contributed by atoms with E-state index in [1.807, 2.05) is 0 Å². The smallest absolute Gasteiger partial charge is 0.379 e. The van der Waals surface area contributed by atoms with Crippen molar-refractivity contribution in [3.63, 3.8) is 0 Å². The fourth-order valence-electron chi connectivity index (χ4n) is 3.03. The van der Waals surface area contributed by atoms with E-state index in [1.54, 1.807) is 0 Å². The number of hydrogen-bond acceptors (Lipinski definition) is 5. The molecule has 0 unspecified atom stereocenters. The van der Waals surface area contributed by atoms with Crippen molar-refractivity contribution in [2.45, 2.75) is 11.1 Å². The highest BCUT2D eigenvalue weighted by Crippen LogP contribution is 2.43. The van der Waals surface area contributed by atoms with Crippen LogP contribution in [0.1, 0.15) is 5.56 Å². The Morgan fingerprint density at radius 3 is 2.33 bits per heavy atom. The fourth-order valence-corrected chi connectivity index (χ4v) is 4.82. The van der Waals surface area contributed by atoms with Crippen LogP contribution in [0.2, 0.25) is 5.02 Å². The molecule has 2 aromatic rings. The van der Waals surface area contributed by atoms with Crippen LogP contribution in [0, 0.1) is 0 Å². The molecule has 160 valence electrons. The van der Waals surface area contributed by atoms with Gasteiger partial charge in [0.2, 0.25) is 10.0 Å². The van der Waals surface area contributed by atoms with Crippen molar-refractivity contribution < 1.29 is 26.3 Å². The van der Waals surface area contributed by atoms with Crippen LogP contribution >= 0.6 is 23.8 Å². The fraction of sp³-hybridized carbons (Fsp3) is 0.263. The van der Waals surface area contributed by atoms with Crippen LogP contribution in [-0.2, 0) is 20.9 Å². The van der Waals surface area contributed by atoms with Crippen molar-refractivity contribution in [1.82, 2.24) is 4.31 Å². The Bertz CT molecular complexity index is 1070. The van der Waals surface area contributed by atoms with Crippen molar-refractivity contribution in [2.24, 2.45) is 4.99 Å². The summed E-state index contributed by atoms with van der Waals surface area (Å²) in [4.78, 5) is 3.81. The van der Waals surface area contributed by atoms with Crippen molar-refractivity contribution >= 4 is 51.1 Å². The average Bonchev–Trinajstić information content (AvgIpc) is 2.72. The number of alkyl halides is 3. The molecule has 1 aliphatic rings. The van der Waals surface area contributed by atoms with E-state index in [2.05, 4.69) is 17.2 Å². The molecule has 0 bridgehead atoms. The maximum Gasteiger partial charge on any atom is 0.417 e. The Labute approximate surface area is 182 Å². The first-order chi connectivity index (χ1) is 14.1. The number of thiocarbonyl (C=S) groups is 1. The van der Waals surface area contributed by atoms with Gasteiger partial charge in [0.25, 0.3) is 0 Å². The lowest BCUT2D eigenvalue weighted by molar-refractivity contribution is -0.137. The second kappa shape index (κ2) is 9.11. The molecule has 11 heteroatoms. The average molecular weight is 477 g/mol. The number of benzene rings is 2. The SMILES string of the molecule is O=S(=O)(c1ccc(-c2c(Cl)cc(N=CC=S)cc2C(F)(F)F)cc1)N1CCOCC1. The normalized spacial score (nSPS) is 16.1. The van der Waals surface area contributed by atoms with Gasteiger partial charge in [-0.05, 0) is 29.8 Å². The lowest BCUT2D eigenvalue weighted by Gasteiger charge is -2.26. The Morgan fingerprint density at radius 2 is 1.77 bits per heavy atom. The minimum Gasteiger partial charge on any atom is -0.379 e. The van der Waals surface area contributed by atoms with E-state index in [1.165, 1.54) is 46.2 Å². The summed E-state index contributed by atoms with van der Waals surface area (Å²) in [5.74, 6) is 0. The molecule has 1 fully saturated rings. The summed E-state index contributed by atoms with van der Waals surface area (Å²) in [6.45, 7) is 1.02. The first-order valence-corrected chi connectivity index (χ1v) is 11.0. The molecule has 1 aliphatic heterocycles. The molecular formula is C19H16ClF3N2O3S2. The van der Waals surface area contributed by atoms with E-state index in [9.17, 15) is 21.6 Å². The molecule has 0 aliphatic carbocycles. The molecule has 0 atom stereocenters. The summed E-state index contributed by atoms with van der Waals surface area (Å²) in [5.41, 5.74) is -1.08. The quantitative estimate of drug-likeness (QED) is 0.461. The summed E-state index contributed by atoms with van der Waals surface area (Å²) in [7, 11) is -3.76. The third-order valence-corrected chi connectivity index (χ3v) is 6.75. The zero-order chi connectivity index (χ0) is 21.9. The number of morpholine rings is 1. The van der Waals surface area contributed by atoms with Gasteiger partial charge >= 0.3 is 6.18 Å². The highest BCUT2D eigenvalue weighted by Gasteiger charge is 2.35. The molecule has 5 nitrogen and oxygen atoms in total. The van der Waals surface area contributed by atoms with Crippen LogP contribution in [0.4, 0.5) is 18.9 Å². The molecule has 0 spiro atoms. The number of sulfonamides is 1. The zero-order valence-electron chi connectivity index (χ0n) is 15.4. The molecule has 30 heavy (non-hydrogen) atoms. The third kappa shape index (κ3) is 4.89. The zero-order valence-corrected chi connectivity index (χ0v) is 17.8. The molecule has 1 heterocycles. The van der Waals surface area contributed by atoms with Crippen LogP contribution in [-0.4, -0.2) is 50.6 Å². The standard InChI is InChI=1S/C19H16ClF3N2O3S2/c20-17-12-14(24-5-10-29)11-16(19(21,22)23)18(17)13-1-3-15(4-2-13)30(26,27)25-6-8-28-9-7-25/h1-5,10-12H,6-9H2. The van der Waals surface area contributed by atoms with Crippen LogP contribution in [0.3, 0.4) is 0 Å². The molecule has 0 radical (unpaired) electrons. The summed E-state index contributed by atoms with van der Waals surface area (Å²) in [6, 6.07) is 7.33. The third-order valence-electron chi connectivity index (χ3n) is 4.42. The van der Waals surface area contributed by atoms with Gasteiger partial charge in [-0.2, -0.15) is 17.5 Å². The van der Waals surface area contributed by atoms with Gasteiger partial charge in [0.05, 0.1) is 34.4 Å². The topological polar surface area (TPSA) is 59.0 Å². The lowest BCUT2D eigenvalue weighted by Crippen LogP contribution is -2.40. The van der Waals surface area contributed by atoms with Gasteiger partial charge in [-0.1, -0.05) is 36.0 Å². The van der Waals surface area contributed by atoms with E-state index in [0.29, 0.717) is 13.2 Å². The number of rotatable bonds is 5. The van der Waals surface area contributed by atoms with E-state index in [4.69, 9.17) is 16.3 Å². The van der Waals surface area contributed by atoms with Crippen LogP contribution in [0.5, 0.6) is 0 Å². The lowest BCUT2D eigenvalue weighted by atomic mass is 9.98. The highest BCUT2D eigenvalue weighted by molar-refractivity contribution is 7.89. The second-order valence-corrected chi connectivity index (χ2v) is 8.92. The predicted octanol–water partition coefficient (Wildman–Crippen LogP) is 4.75. The molecule has 0 saturated carbocycles. The maximum absolute atomic E-state index is 13.7. The van der Waals surface area contributed by atoms with Crippen LogP contribution in [0.15, 0.2) is 46.3 Å². The van der Waals surface area contributed by atoms with E-state index >= 15 is 0 Å². The Morgan fingerprint density at radius 1 is 1.13 bits per heavy atom. The van der Waals surface area contributed by atoms with Gasteiger partial charge in [-0.15, -0.1) is 0 Å². The van der Waals surface area contributed by atoms with Crippen LogP contribution in [0.25, 0.3) is 11.1 Å². The molecule has 0 N–H and O–H groups in total. The largest absolute Gasteiger partial charge is 0.417 e. The van der Waals surface area contributed by atoms with Gasteiger partial charge in [0.1, 0.15) is 0 Å². The first kappa shape index (κ1) is 22.8. The summed E-state index contributed by atoms with van der Waals surface area (Å²) < 4.78 is 72.9. The molecule has 0 amide bonds. The van der Waals surface area contributed by atoms with E-state index in [0.717, 1.165) is 6.07 Å². The minimum absolute atomic E-state index is 0.00342.